The predicted octanol–water partition coefficient (Wildman–Crippen LogP) is 1.59. The summed E-state index contributed by atoms with van der Waals surface area (Å²) in [6.45, 7) is 0.191. The zero-order chi connectivity index (χ0) is 16.2. The number of nitrogens with zero attached hydrogens (tertiary/aromatic N) is 2. The van der Waals surface area contributed by atoms with E-state index in [4.69, 9.17) is 0 Å². The van der Waals surface area contributed by atoms with Crippen molar-refractivity contribution >= 4 is 34.3 Å². The van der Waals surface area contributed by atoms with Crippen LogP contribution in [0.1, 0.15) is 12.0 Å². The maximum atomic E-state index is 12.3. The van der Waals surface area contributed by atoms with Crippen LogP contribution in [-0.2, 0) is 16.1 Å². The molecule has 0 bridgehead atoms. The Morgan fingerprint density at radius 3 is 2.78 bits per heavy atom. The van der Waals surface area contributed by atoms with Crippen LogP contribution in [0.25, 0.3) is 0 Å². The first-order valence-corrected chi connectivity index (χ1v) is 7.86. The Bertz CT molecular complexity index is 718. The van der Waals surface area contributed by atoms with Gasteiger partial charge in [0.15, 0.2) is 5.13 Å². The summed E-state index contributed by atoms with van der Waals surface area (Å²) >= 11 is 1.29. The lowest BCUT2D eigenvalue weighted by atomic mass is 10.2. The van der Waals surface area contributed by atoms with Crippen molar-refractivity contribution in [3.05, 3.63) is 47.5 Å². The van der Waals surface area contributed by atoms with E-state index in [2.05, 4.69) is 15.6 Å². The third-order valence-corrected chi connectivity index (χ3v) is 4.05. The van der Waals surface area contributed by atoms with Crippen LogP contribution in [0.15, 0.2) is 41.9 Å². The van der Waals surface area contributed by atoms with Gasteiger partial charge in [-0.1, -0.05) is 30.3 Å². The van der Waals surface area contributed by atoms with Gasteiger partial charge in [0.25, 0.3) is 5.91 Å². The molecule has 4 amide bonds. The molecule has 1 aromatic heterocycles. The van der Waals surface area contributed by atoms with Gasteiger partial charge in [0.1, 0.15) is 6.04 Å². The molecule has 0 aliphatic carbocycles. The largest absolute Gasteiger partial charge is 0.325 e. The van der Waals surface area contributed by atoms with E-state index >= 15 is 0 Å². The van der Waals surface area contributed by atoms with Crippen LogP contribution in [0.3, 0.4) is 0 Å². The van der Waals surface area contributed by atoms with E-state index in [1.807, 2.05) is 30.3 Å². The number of carbonyl (C=O) groups excluding carboxylic acids is 3. The molecule has 1 aliphatic heterocycles. The van der Waals surface area contributed by atoms with Gasteiger partial charge >= 0.3 is 6.03 Å². The molecule has 1 aliphatic rings. The molecule has 1 atom stereocenters. The van der Waals surface area contributed by atoms with Gasteiger partial charge in [-0.2, -0.15) is 0 Å². The molecule has 0 spiro atoms. The van der Waals surface area contributed by atoms with Crippen molar-refractivity contribution in [2.45, 2.75) is 19.0 Å². The lowest BCUT2D eigenvalue weighted by molar-refractivity contribution is -0.130. The molecule has 1 aromatic carbocycles. The second-order valence-electron chi connectivity index (χ2n) is 5.00. The highest BCUT2D eigenvalue weighted by Crippen LogP contribution is 2.16. The highest BCUT2D eigenvalue weighted by Gasteiger charge is 2.38. The minimum atomic E-state index is -0.842. The predicted molar refractivity (Wildman–Crippen MR) is 84.7 cm³/mol. The quantitative estimate of drug-likeness (QED) is 0.815. The van der Waals surface area contributed by atoms with Gasteiger partial charge in [-0.15, -0.1) is 11.3 Å². The molecule has 0 saturated carbocycles. The summed E-state index contributed by atoms with van der Waals surface area (Å²) < 4.78 is 0. The van der Waals surface area contributed by atoms with Crippen molar-refractivity contribution in [3.63, 3.8) is 0 Å². The minimum Gasteiger partial charge on any atom is -0.325 e. The average molecular weight is 330 g/mol. The topological polar surface area (TPSA) is 91.4 Å². The Hall–Kier alpha value is -2.74. The molecule has 2 aromatic rings. The van der Waals surface area contributed by atoms with E-state index in [9.17, 15) is 14.4 Å². The summed E-state index contributed by atoms with van der Waals surface area (Å²) in [7, 11) is 0. The third kappa shape index (κ3) is 3.54. The number of rotatable bonds is 5. The van der Waals surface area contributed by atoms with Crippen LogP contribution < -0.4 is 10.6 Å². The van der Waals surface area contributed by atoms with Crippen LogP contribution in [0, 0.1) is 0 Å². The molecule has 0 unspecified atom stereocenters. The van der Waals surface area contributed by atoms with E-state index < -0.39 is 18.0 Å². The molecule has 1 fully saturated rings. The second-order valence-corrected chi connectivity index (χ2v) is 5.90. The maximum Gasteiger partial charge on any atom is 0.325 e. The van der Waals surface area contributed by atoms with Crippen LogP contribution in [0.4, 0.5) is 9.93 Å². The summed E-state index contributed by atoms with van der Waals surface area (Å²) in [6.07, 6.45) is 1.46. The van der Waals surface area contributed by atoms with Crippen LogP contribution in [0.5, 0.6) is 0 Å². The Labute approximate surface area is 136 Å². The monoisotopic (exact) mass is 330 g/mol. The zero-order valence-corrected chi connectivity index (χ0v) is 12.9. The highest BCUT2D eigenvalue weighted by atomic mass is 32.1. The molecule has 23 heavy (non-hydrogen) atoms. The fraction of sp³-hybridized carbons (Fsp3) is 0.200. The number of urea groups is 1. The summed E-state index contributed by atoms with van der Waals surface area (Å²) in [5, 5.41) is 7.34. The molecular weight excluding hydrogens is 316 g/mol. The fourth-order valence-corrected chi connectivity index (χ4v) is 2.82. The van der Waals surface area contributed by atoms with Crippen molar-refractivity contribution in [1.29, 1.82) is 0 Å². The van der Waals surface area contributed by atoms with Crippen molar-refractivity contribution in [2.24, 2.45) is 0 Å². The number of nitrogens with one attached hydrogen (secondary N) is 2. The number of thiazole rings is 1. The first-order chi connectivity index (χ1) is 11.1. The van der Waals surface area contributed by atoms with Gasteiger partial charge in [-0.05, 0) is 5.56 Å². The Morgan fingerprint density at radius 2 is 2.09 bits per heavy atom. The SMILES string of the molecule is O=C(C[C@H]1NC(=O)N(Cc2ccccc2)C1=O)Nc1nccs1. The number of carbonyl (C=O) groups is 3. The van der Waals surface area contributed by atoms with Gasteiger partial charge in [-0.3, -0.25) is 14.5 Å². The molecule has 1 saturated heterocycles. The number of benzene rings is 1. The second kappa shape index (κ2) is 6.57. The van der Waals surface area contributed by atoms with Gasteiger partial charge in [0, 0.05) is 11.6 Å². The van der Waals surface area contributed by atoms with E-state index in [1.165, 1.54) is 11.3 Å². The summed E-state index contributed by atoms with van der Waals surface area (Å²) in [5.74, 6) is -0.756. The lowest BCUT2D eigenvalue weighted by Gasteiger charge is -2.12. The summed E-state index contributed by atoms with van der Waals surface area (Å²) in [5.41, 5.74) is 0.851. The molecular formula is C15H14N4O3S. The third-order valence-electron chi connectivity index (χ3n) is 3.36. The van der Waals surface area contributed by atoms with E-state index in [1.54, 1.807) is 11.6 Å². The van der Waals surface area contributed by atoms with Crippen molar-refractivity contribution < 1.29 is 14.4 Å². The molecule has 2 heterocycles. The van der Waals surface area contributed by atoms with Crippen LogP contribution in [0.2, 0.25) is 0 Å². The number of aromatic nitrogens is 1. The normalized spacial score (nSPS) is 17.2. The van der Waals surface area contributed by atoms with Crippen molar-refractivity contribution in [1.82, 2.24) is 15.2 Å². The number of hydrogen-bond donors (Lipinski definition) is 2. The standard InChI is InChI=1S/C15H14N4O3S/c20-12(18-14-16-6-7-23-14)8-11-13(21)19(15(22)17-11)9-10-4-2-1-3-5-10/h1-7,11H,8-9H2,(H,17,22)(H,16,18,20)/t11-/m1/s1. The van der Waals surface area contributed by atoms with Crippen LogP contribution in [-0.4, -0.2) is 33.8 Å². The average Bonchev–Trinajstić information content (AvgIpc) is 3.12. The molecule has 8 heteroatoms. The molecule has 2 N–H and O–H groups in total. The number of hydrogen-bond acceptors (Lipinski definition) is 5. The fourth-order valence-electron chi connectivity index (χ4n) is 2.27. The number of imide groups is 1. The number of anilines is 1. The summed E-state index contributed by atoms with van der Waals surface area (Å²) in [6, 6.07) is 7.89. The van der Waals surface area contributed by atoms with Gasteiger partial charge in [0.2, 0.25) is 5.91 Å². The minimum absolute atomic E-state index is 0.116. The van der Waals surface area contributed by atoms with Crippen molar-refractivity contribution in [3.8, 4) is 0 Å². The number of amides is 4. The lowest BCUT2D eigenvalue weighted by Crippen LogP contribution is -2.34. The van der Waals surface area contributed by atoms with E-state index in [0.717, 1.165) is 10.5 Å². The first-order valence-electron chi connectivity index (χ1n) is 6.98. The van der Waals surface area contributed by atoms with Crippen LogP contribution >= 0.6 is 11.3 Å². The van der Waals surface area contributed by atoms with Gasteiger partial charge in [-0.25, -0.2) is 9.78 Å². The maximum absolute atomic E-state index is 12.3. The van der Waals surface area contributed by atoms with Gasteiger partial charge in [0.05, 0.1) is 13.0 Å². The zero-order valence-electron chi connectivity index (χ0n) is 12.1. The Balaban J connectivity index is 1.60. The van der Waals surface area contributed by atoms with E-state index in [0.29, 0.717) is 5.13 Å². The highest BCUT2D eigenvalue weighted by molar-refractivity contribution is 7.13. The molecule has 118 valence electrons. The molecule has 3 rings (SSSR count). The first kappa shape index (κ1) is 15.2. The van der Waals surface area contributed by atoms with Gasteiger partial charge < -0.3 is 10.6 Å². The summed E-state index contributed by atoms with van der Waals surface area (Å²) in [4.78, 5) is 41.2. The smallest absolute Gasteiger partial charge is 0.325 e. The van der Waals surface area contributed by atoms with E-state index in [-0.39, 0.29) is 18.9 Å². The van der Waals surface area contributed by atoms with Crippen molar-refractivity contribution in [2.75, 3.05) is 5.32 Å². The molecule has 7 nitrogen and oxygen atoms in total. The Morgan fingerprint density at radius 1 is 1.30 bits per heavy atom. The molecule has 0 radical (unpaired) electrons. The Kier molecular flexibility index (Phi) is 4.33.